The monoisotopic (exact) mass is 555 g/mol. The molecule has 0 saturated carbocycles. The number of methoxy groups -OCH3 is 1. The van der Waals surface area contributed by atoms with Gasteiger partial charge in [0.15, 0.2) is 5.82 Å². The minimum absolute atomic E-state index is 0.289. The van der Waals surface area contributed by atoms with E-state index in [0.29, 0.717) is 34.6 Å². The van der Waals surface area contributed by atoms with Crippen LogP contribution in [0.15, 0.2) is 36.5 Å². The number of rotatable bonds is 4. The third kappa shape index (κ3) is 5.35. The lowest BCUT2D eigenvalue weighted by atomic mass is 10.1. The molecule has 12 heteroatoms. The van der Waals surface area contributed by atoms with Gasteiger partial charge in [0.05, 0.1) is 36.6 Å². The second-order valence-corrected chi connectivity index (χ2v) is 11.8. The summed E-state index contributed by atoms with van der Waals surface area (Å²) in [6.45, 7) is 3.74. The molecular formula is C26H30ClN7O3S. The van der Waals surface area contributed by atoms with E-state index in [1.807, 2.05) is 30.3 Å². The van der Waals surface area contributed by atoms with Crippen LogP contribution in [0.3, 0.4) is 0 Å². The molecule has 3 aromatic rings. The number of ether oxygens (including phenoxy) is 1. The number of sulfonamides is 1. The fourth-order valence-electron chi connectivity index (χ4n) is 4.47. The quantitative estimate of drug-likeness (QED) is 0.382. The molecular weight excluding hydrogens is 526 g/mol. The zero-order valence-electron chi connectivity index (χ0n) is 21.7. The number of nitrogens with one attached hydrogen (secondary N) is 2. The van der Waals surface area contributed by atoms with Gasteiger partial charge in [-0.05, 0) is 30.8 Å². The molecule has 3 heterocycles. The molecule has 2 aliphatic heterocycles. The van der Waals surface area contributed by atoms with Crippen LogP contribution in [0.25, 0.3) is 12.2 Å². The normalized spacial score (nSPS) is 16.3. The molecule has 200 valence electrons. The standard InChI is InChI=1S/C26H30ClN7O3S/c1-32-9-11-34(12-10-32)23-15-24(37-3)21-14-18(23)7-5-17-6-8-22(33(2)38(4,35)36)20(13-17)29-25-19(27)16-28-26(30-21)31-25/h5-8,13-16H,9-12H2,1-4H3,(H2,28,29,30,31)/b7-5-. The Kier molecular flexibility index (Phi) is 7.08. The van der Waals surface area contributed by atoms with Crippen molar-refractivity contribution in [2.45, 2.75) is 0 Å². The largest absolute Gasteiger partial charge is 0.494 e. The van der Waals surface area contributed by atoms with Gasteiger partial charge in [0.25, 0.3) is 0 Å². The summed E-state index contributed by atoms with van der Waals surface area (Å²) in [5.41, 5.74) is 4.65. The van der Waals surface area contributed by atoms with E-state index in [0.717, 1.165) is 49.2 Å². The van der Waals surface area contributed by atoms with E-state index in [9.17, 15) is 8.42 Å². The maximum absolute atomic E-state index is 12.3. The van der Waals surface area contributed by atoms with Crippen molar-refractivity contribution in [3.63, 3.8) is 0 Å². The van der Waals surface area contributed by atoms with E-state index in [2.05, 4.69) is 43.5 Å². The third-order valence-electron chi connectivity index (χ3n) is 6.75. The maximum Gasteiger partial charge on any atom is 0.232 e. The van der Waals surface area contributed by atoms with Gasteiger partial charge in [-0.1, -0.05) is 29.8 Å². The topological polar surface area (TPSA) is 103 Å². The molecule has 0 aliphatic carbocycles. The van der Waals surface area contributed by atoms with Crippen molar-refractivity contribution < 1.29 is 13.2 Å². The summed E-state index contributed by atoms with van der Waals surface area (Å²) in [6.07, 6.45) is 6.71. The van der Waals surface area contributed by atoms with Gasteiger partial charge < -0.3 is 25.2 Å². The summed E-state index contributed by atoms with van der Waals surface area (Å²) in [7, 11) is 1.77. The number of piperazine rings is 1. The van der Waals surface area contributed by atoms with E-state index in [4.69, 9.17) is 16.3 Å². The Morgan fingerprint density at radius 3 is 2.53 bits per heavy atom. The number of anilines is 6. The fourth-order valence-corrected chi connectivity index (χ4v) is 5.12. The maximum atomic E-state index is 12.3. The highest BCUT2D eigenvalue weighted by Gasteiger charge is 2.21. The smallest absolute Gasteiger partial charge is 0.232 e. The second kappa shape index (κ2) is 10.3. The van der Waals surface area contributed by atoms with Crippen LogP contribution in [-0.4, -0.2) is 76.9 Å². The van der Waals surface area contributed by atoms with Crippen molar-refractivity contribution in [3.05, 3.63) is 52.7 Å². The predicted octanol–water partition coefficient (Wildman–Crippen LogP) is 4.26. The van der Waals surface area contributed by atoms with Crippen molar-refractivity contribution >= 4 is 68.3 Å². The first-order valence-corrected chi connectivity index (χ1v) is 14.3. The number of hydrogen-bond acceptors (Lipinski definition) is 9. The Hall–Kier alpha value is -3.54. The molecule has 1 aromatic heterocycles. The number of hydrogen-bond donors (Lipinski definition) is 2. The van der Waals surface area contributed by atoms with E-state index < -0.39 is 10.0 Å². The van der Waals surface area contributed by atoms with Crippen molar-refractivity contribution in [2.24, 2.45) is 0 Å². The van der Waals surface area contributed by atoms with Gasteiger partial charge in [0.1, 0.15) is 10.8 Å². The molecule has 10 nitrogen and oxygen atoms in total. The third-order valence-corrected chi connectivity index (χ3v) is 8.22. The Morgan fingerprint density at radius 1 is 1.05 bits per heavy atom. The van der Waals surface area contributed by atoms with Crippen LogP contribution >= 0.6 is 11.6 Å². The van der Waals surface area contributed by atoms with Gasteiger partial charge in [-0.25, -0.2) is 13.4 Å². The van der Waals surface area contributed by atoms with E-state index in [1.54, 1.807) is 13.2 Å². The number of likely N-dealkylation sites (N-methyl/N-ethyl adjacent to an activating group) is 1. The highest BCUT2D eigenvalue weighted by atomic mass is 35.5. The SMILES string of the molecule is COc1cc(N2CCN(C)CC2)c2cc1Nc1ncc(Cl)c(n1)Nc1cc(ccc1N(C)S(C)(=O)=O)/C=C\2. The summed E-state index contributed by atoms with van der Waals surface area (Å²) >= 11 is 6.44. The van der Waals surface area contributed by atoms with E-state index >= 15 is 0 Å². The predicted molar refractivity (Wildman–Crippen MR) is 155 cm³/mol. The highest BCUT2D eigenvalue weighted by Crippen LogP contribution is 2.38. The van der Waals surface area contributed by atoms with Crippen LogP contribution in [-0.2, 0) is 10.0 Å². The first kappa shape index (κ1) is 26.1. The second-order valence-electron chi connectivity index (χ2n) is 9.38. The van der Waals surface area contributed by atoms with Crippen LogP contribution in [0.4, 0.5) is 34.5 Å². The molecule has 2 aromatic carbocycles. The molecule has 38 heavy (non-hydrogen) atoms. The number of aromatic nitrogens is 2. The van der Waals surface area contributed by atoms with Crippen LogP contribution in [0.1, 0.15) is 11.1 Å². The number of fused-ring (bicyclic) bond motifs is 6. The van der Waals surface area contributed by atoms with Gasteiger partial charge >= 0.3 is 0 Å². The number of nitrogens with zero attached hydrogens (tertiary/aromatic N) is 5. The summed E-state index contributed by atoms with van der Waals surface area (Å²) in [5.74, 6) is 1.31. The summed E-state index contributed by atoms with van der Waals surface area (Å²) in [5, 5.41) is 6.76. The van der Waals surface area contributed by atoms with E-state index in [-0.39, 0.29) is 5.02 Å². The average molecular weight is 556 g/mol. The molecule has 5 rings (SSSR count). The van der Waals surface area contributed by atoms with Gasteiger partial charge in [-0.2, -0.15) is 4.98 Å². The van der Waals surface area contributed by atoms with Crippen LogP contribution in [0.2, 0.25) is 5.02 Å². The van der Waals surface area contributed by atoms with Gasteiger partial charge in [0, 0.05) is 50.5 Å². The number of benzene rings is 2. The Balaban J connectivity index is 1.68. The first-order chi connectivity index (χ1) is 18.1. The molecule has 0 atom stereocenters. The van der Waals surface area contributed by atoms with Crippen LogP contribution in [0.5, 0.6) is 5.75 Å². The van der Waals surface area contributed by atoms with Crippen molar-refractivity contribution in [2.75, 3.05) is 73.5 Å². The van der Waals surface area contributed by atoms with Gasteiger partial charge in [-0.3, -0.25) is 4.31 Å². The minimum Gasteiger partial charge on any atom is -0.494 e. The molecule has 1 fully saturated rings. The molecule has 0 unspecified atom stereocenters. The van der Waals surface area contributed by atoms with Gasteiger partial charge in [-0.15, -0.1) is 0 Å². The Bertz CT molecular complexity index is 1500. The zero-order chi connectivity index (χ0) is 27.0. The van der Waals surface area contributed by atoms with Crippen molar-refractivity contribution in [3.8, 4) is 5.75 Å². The summed E-state index contributed by atoms with van der Waals surface area (Å²) in [4.78, 5) is 13.6. The summed E-state index contributed by atoms with van der Waals surface area (Å²) in [6, 6.07) is 9.58. The van der Waals surface area contributed by atoms with Crippen molar-refractivity contribution in [1.29, 1.82) is 0 Å². The number of halogens is 1. The first-order valence-electron chi connectivity index (χ1n) is 12.1. The van der Waals surface area contributed by atoms with Gasteiger partial charge in [0.2, 0.25) is 16.0 Å². The minimum atomic E-state index is -3.51. The highest BCUT2D eigenvalue weighted by molar-refractivity contribution is 7.92. The average Bonchev–Trinajstić information content (AvgIpc) is 2.89. The van der Waals surface area contributed by atoms with Crippen LogP contribution < -0.4 is 24.6 Å². The Labute approximate surface area is 227 Å². The molecule has 2 aliphatic rings. The molecule has 6 bridgehead atoms. The Morgan fingerprint density at radius 2 is 1.82 bits per heavy atom. The fraction of sp³-hybridized carbons (Fsp3) is 0.308. The van der Waals surface area contributed by atoms with E-state index in [1.165, 1.54) is 17.5 Å². The molecule has 0 radical (unpaired) electrons. The zero-order valence-corrected chi connectivity index (χ0v) is 23.3. The lowest BCUT2D eigenvalue weighted by molar-refractivity contribution is 0.312. The lowest BCUT2D eigenvalue weighted by Crippen LogP contribution is -2.44. The van der Waals surface area contributed by atoms with Crippen molar-refractivity contribution in [1.82, 2.24) is 14.9 Å². The molecule has 1 saturated heterocycles. The lowest BCUT2D eigenvalue weighted by Gasteiger charge is -2.35. The molecule has 0 spiro atoms. The summed E-state index contributed by atoms with van der Waals surface area (Å²) < 4.78 is 31.7. The molecule has 0 amide bonds. The van der Waals surface area contributed by atoms with Crippen LogP contribution in [0, 0.1) is 0 Å². The molecule has 2 N–H and O–H groups in total.